The van der Waals surface area contributed by atoms with Crippen LogP contribution >= 0.6 is 11.6 Å². The number of fused-ring (bicyclic) bond motifs is 2. The summed E-state index contributed by atoms with van der Waals surface area (Å²) < 4.78 is 21.9. The van der Waals surface area contributed by atoms with Crippen molar-refractivity contribution in [3.8, 4) is 23.0 Å². The van der Waals surface area contributed by atoms with Crippen LogP contribution in [0.25, 0.3) is 0 Å². The lowest BCUT2D eigenvalue weighted by Gasteiger charge is -2.17. The van der Waals surface area contributed by atoms with Crippen molar-refractivity contribution < 1.29 is 23.7 Å². The lowest BCUT2D eigenvalue weighted by atomic mass is 10.1. The van der Waals surface area contributed by atoms with Crippen LogP contribution in [0.4, 0.5) is 0 Å². The van der Waals surface area contributed by atoms with E-state index in [0.717, 1.165) is 17.7 Å². The molecule has 0 saturated carbocycles. The van der Waals surface area contributed by atoms with Gasteiger partial charge in [0.2, 0.25) is 6.79 Å². The molecule has 1 amide bonds. The van der Waals surface area contributed by atoms with E-state index < -0.39 is 0 Å². The normalized spacial score (nSPS) is 15.9. The van der Waals surface area contributed by atoms with Crippen LogP contribution in [0.2, 0.25) is 5.02 Å². The first kappa shape index (κ1) is 16.8. The SMILES string of the molecule is CC(NC(=O)c1cc(Cl)c2c(c1)OCO2)c1ccc2c(c1)OCCCO2. The number of ether oxygens (including phenoxy) is 4. The first-order chi connectivity index (χ1) is 12.6. The Kier molecular flexibility index (Phi) is 4.51. The zero-order chi connectivity index (χ0) is 18.1. The highest BCUT2D eigenvalue weighted by Gasteiger charge is 2.22. The Balaban J connectivity index is 1.51. The van der Waals surface area contributed by atoms with Crippen LogP contribution in [-0.2, 0) is 0 Å². The van der Waals surface area contributed by atoms with Gasteiger partial charge in [0.25, 0.3) is 5.91 Å². The van der Waals surface area contributed by atoms with Crippen molar-refractivity contribution in [2.45, 2.75) is 19.4 Å². The van der Waals surface area contributed by atoms with Gasteiger partial charge in [-0.1, -0.05) is 17.7 Å². The summed E-state index contributed by atoms with van der Waals surface area (Å²) in [5.74, 6) is 2.13. The van der Waals surface area contributed by atoms with E-state index in [2.05, 4.69) is 5.32 Å². The van der Waals surface area contributed by atoms with Gasteiger partial charge in [0, 0.05) is 12.0 Å². The highest BCUT2D eigenvalue weighted by Crippen LogP contribution is 2.40. The van der Waals surface area contributed by atoms with E-state index in [1.807, 2.05) is 25.1 Å². The summed E-state index contributed by atoms with van der Waals surface area (Å²) in [5, 5.41) is 3.32. The van der Waals surface area contributed by atoms with Gasteiger partial charge in [0.1, 0.15) is 0 Å². The Labute approximate surface area is 156 Å². The zero-order valence-corrected chi connectivity index (χ0v) is 15.0. The predicted molar refractivity (Wildman–Crippen MR) is 95.5 cm³/mol. The van der Waals surface area contributed by atoms with Gasteiger partial charge in [0.15, 0.2) is 23.0 Å². The number of carbonyl (C=O) groups is 1. The van der Waals surface area contributed by atoms with Gasteiger partial charge in [-0.25, -0.2) is 0 Å². The molecule has 1 N–H and O–H groups in total. The Morgan fingerprint density at radius 2 is 1.85 bits per heavy atom. The van der Waals surface area contributed by atoms with Gasteiger partial charge in [0.05, 0.1) is 24.3 Å². The smallest absolute Gasteiger partial charge is 0.251 e. The number of rotatable bonds is 3. The second-order valence-corrected chi connectivity index (χ2v) is 6.55. The van der Waals surface area contributed by atoms with E-state index in [9.17, 15) is 4.79 Å². The molecule has 1 unspecified atom stereocenters. The number of benzene rings is 2. The molecule has 0 bridgehead atoms. The van der Waals surface area contributed by atoms with E-state index in [4.69, 9.17) is 30.5 Å². The van der Waals surface area contributed by atoms with Gasteiger partial charge in [-0.05, 0) is 36.8 Å². The van der Waals surface area contributed by atoms with Gasteiger partial charge in [-0.3, -0.25) is 4.79 Å². The number of carbonyl (C=O) groups excluding carboxylic acids is 1. The van der Waals surface area contributed by atoms with Crippen LogP contribution in [0.5, 0.6) is 23.0 Å². The minimum Gasteiger partial charge on any atom is -0.490 e. The summed E-state index contributed by atoms with van der Waals surface area (Å²) in [6.45, 7) is 3.27. The first-order valence-electron chi connectivity index (χ1n) is 8.41. The molecule has 26 heavy (non-hydrogen) atoms. The number of amides is 1. The number of hydrogen-bond acceptors (Lipinski definition) is 5. The molecule has 4 rings (SSSR count). The fourth-order valence-electron chi connectivity index (χ4n) is 2.91. The minimum atomic E-state index is -0.246. The monoisotopic (exact) mass is 375 g/mol. The lowest BCUT2D eigenvalue weighted by molar-refractivity contribution is 0.0939. The zero-order valence-electron chi connectivity index (χ0n) is 14.2. The molecule has 2 heterocycles. The third-order valence-corrected chi connectivity index (χ3v) is 4.59. The van der Waals surface area contributed by atoms with Crippen LogP contribution in [0.1, 0.15) is 35.3 Å². The highest BCUT2D eigenvalue weighted by molar-refractivity contribution is 6.32. The van der Waals surface area contributed by atoms with E-state index in [1.165, 1.54) is 0 Å². The molecular weight excluding hydrogens is 358 g/mol. The Bertz CT molecular complexity index is 854. The molecule has 2 aliphatic heterocycles. The summed E-state index contributed by atoms with van der Waals surface area (Å²) >= 11 is 6.15. The van der Waals surface area contributed by atoms with E-state index in [0.29, 0.717) is 41.0 Å². The third kappa shape index (κ3) is 3.24. The molecule has 1 atom stereocenters. The van der Waals surface area contributed by atoms with Gasteiger partial charge in [-0.2, -0.15) is 0 Å². The molecule has 0 saturated heterocycles. The average molecular weight is 376 g/mol. The standard InChI is InChI=1S/C19H18ClNO5/c1-11(12-3-4-15-16(8-12)24-6-2-5-23-15)21-19(22)13-7-14(20)18-17(9-13)25-10-26-18/h3-4,7-9,11H,2,5-6,10H2,1H3,(H,21,22). The Morgan fingerprint density at radius 1 is 1.04 bits per heavy atom. The molecule has 0 radical (unpaired) electrons. The molecule has 7 heteroatoms. The fourth-order valence-corrected chi connectivity index (χ4v) is 3.18. The van der Waals surface area contributed by atoms with Crippen molar-refractivity contribution in [2.75, 3.05) is 20.0 Å². The van der Waals surface area contributed by atoms with Gasteiger partial charge < -0.3 is 24.3 Å². The van der Waals surface area contributed by atoms with E-state index in [1.54, 1.807) is 12.1 Å². The van der Waals surface area contributed by atoms with E-state index in [-0.39, 0.29) is 18.7 Å². The average Bonchev–Trinajstić information content (AvgIpc) is 2.99. The lowest BCUT2D eigenvalue weighted by Crippen LogP contribution is -2.26. The Hall–Kier alpha value is -2.60. The molecule has 2 aromatic rings. The maximum Gasteiger partial charge on any atom is 0.251 e. The second kappa shape index (κ2) is 6.96. The van der Waals surface area contributed by atoms with Crippen molar-refractivity contribution in [2.24, 2.45) is 0 Å². The fraction of sp³-hybridized carbons (Fsp3) is 0.316. The molecular formula is C19H18ClNO5. The molecule has 136 valence electrons. The molecule has 2 aliphatic rings. The minimum absolute atomic E-state index is 0.105. The van der Waals surface area contributed by atoms with Crippen LogP contribution in [0.3, 0.4) is 0 Å². The number of halogens is 1. The summed E-state index contributed by atoms with van der Waals surface area (Å²) in [7, 11) is 0. The molecule has 0 fully saturated rings. The van der Waals surface area contributed by atoms with Crippen molar-refractivity contribution in [1.82, 2.24) is 5.32 Å². The predicted octanol–water partition coefficient (Wildman–Crippen LogP) is 3.72. The maximum absolute atomic E-state index is 12.6. The van der Waals surface area contributed by atoms with Crippen molar-refractivity contribution in [3.05, 3.63) is 46.5 Å². The summed E-state index contributed by atoms with van der Waals surface area (Å²) in [6.07, 6.45) is 0.848. The second-order valence-electron chi connectivity index (χ2n) is 6.14. The summed E-state index contributed by atoms with van der Waals surface area (Å²) in [6, 6.07) is 8.68. The van der Waals surface area contributed by atoms with E-state index >= 15 is 0 Å². The van der Waals surface area contributed by atoms with Crippen molar-refractivity contribution in [3.63, 3.8) is 0 Å². The first-order valence-corrected chi connectivity index (χ1v) is 8.79. The molecule has 0 aliphatic carbocycles. The Morgan fingerprint density at radius 3 is 2.69 bits per heavy atom. The van der Waals surface area contributed by atoms with Crippen LogP contribution < -0.4 is 24.3 Å². The van der Waals surface area contributed by atoms with Crippen molar-refractivity contribution >= 4 is 17.5 Å². The molecule has 0 spiro atoms. The number of hydrogen-bond donors (Lipinski definition) is 1. The maximum atomic E-state index is 12.6. The van der Waals surface area contributed by atoms with Crippen LogP contribution in [0.15, 0.2) is 30.3 Å². The number of nitrogens with one attached hydrogen (secondary N) is 1. The summed E-state index contributed by atoms with van der Waals surface area (Å²) in [4.78, 5) is 12.6. The topological polar surface area (TPSA) is 66.0 Å². The van der Waals surface area contributed by atoms with Crippen molar-refractivity contribution in [1.29, 1.82) is 0 Å². The molecule has 2 aromatic carbocycles. The molecule has 6 nitrogen and oxygen atoms in total. The van der Waals surface area contributed by atoms with Gasteiger partial charge in [-0.15, -0.1) is 0 Å². The summed E-state index contributed by atoms with van der Waals surface area (Å²) in [5.41, 5.74) is 1.34. The third-order valence-electron chi connectivity index (χ3n) is 4.31. The largest absolute Gasteiger partial charge is 0.490 e. The highest BCUT2D eigenvalue weighted by atomic mass is 35.5. The quantitative estimate of drug-likeness (QED) is 0.885. The van der Waals surface area contributed by atoms with Crippen LogP contribution in [0, 0.1) is 0 Å². The molecule has 0 aromatic heterocycles. The van der Waals surface area contributed by atoms with Gasteiger partial charge >= 0.3 is 0 Å². The van der Waals surface area contributed by atoms with Crippen LogP contribution in [-0.4, -0.2) is 25.9 Å².